The van der Waals surface area contributed by atoms with Gasteiger partial charge in [-0.05, 0) is 12.0 Å². The molecule has 4 heteroatoms. The molecule has 1 N–H and O–H groups in total. The van der Waals surface area contributed by atoms with Crippen molar-refractivity contribution in [3.63, 3.8) is 0 Å². The van der Waals surface area contributed by atoms with Gasteiger partial charge in [-0.25, -0.2) is 0 Å². The van der Waals surface area contributed by atoms with Gasteiger partial charge in [-0.3, -0.25) is 9.69 Å². The van der Waals surface area contributed by atoms with Crippen LogP contribution in [-0.4, -0.2) is 55.0 Å². The summed E-state index contributed by atoms with van der Waals surface area (Å²) in [5.74, 6) is 0.197. The average molecular weight is 289 g/mol. The van der Waals surface area contributed by atoms with E-state index in [1.54, 1.807) is 6.92 Å². The third-order valence-corrected chi connectivity index (χ3v) is 4.25. The smallest absolute Gasteiger partial charge is 0.219 e. The molecule has 0 saturated carbocycles. The molecule has 1 amide bonds. The first kappa shape index (κ1) is 16.0. The van der Waals surface area contributed by atoms with Gasteiger partial charge in [-0.15, -0.1) is 0 Å². The lowest BCUT2D eigenvalue weighted by Gasteiger charge is -2.34. The van der Waals surface area contributed by atoms with Crippen LogP contribution >= 0.6 is 0 Å². The SMILES string of the molecule is CCC(NCCN1CCN(C(C)=O)CC1)c1ccccc1. The molecular weight excluding hydrogens is 262 g/mol. The molecule has 0 bridgehead atoms. The number of carbonyl (C=O) groups excluding carboxylic acids is 1. The Morgan fingerprint density at radius 1 is 1.19 bits per heavy atom. The van der Waals surface area contributed by atoms with Crippen LogP contribution in [0.1, 0.15) is 31.9 Å². The van der Waals surface area contributed by atoms with Gasteiger partial charge < -0.3 is 10.2 Å². The summed E-state index contributed by atoms with van der Waals surface area (Å²) in [6.45, 7) is 9.63. The molecule has 4 nitrogen and oxygen atoms in total. The standard InChI is InChI=1S/C17H27N3O/c1-3-17(16-7-5-4-6-8-16)18-9-10-19-11-13-20(14-12-19)15(2)21/h4-8,17-18H,3,9-14H2,1-2H3. The van der Waals surface area contributed by atoms with Crippen LogP contribution in [0.2, 0.25) is 0 Å². The maximum absolute atomic E-state index is 11.3. The second-order valence-corrected chi connectivity index (χ2v) is 5.67. The van der Waals surface area contributed by atoms with Crippen molar-refractivity contribution in [1.82, 2.24) is 15.1 Å². The fraction of sp³-hybridized carbons (Fsp3) is 0.588. The molecular formula is C17H27N3O. The van der Waals surface area contributed by atoms with Crippen molar-refractivity contribution in [2.24, 2.45) is 0 Å². The Hall–Kier alpha value is -1.39. The molecule has 0 aliphatic carbocycles. The molecule has 0 aromatic heterocycles. The van der Waals surface area contributed by atoms with E-state index < -0.39 is 0 Å². The van der Waals surface area contributed by atoms with Crippen LogP contribution in [0.3, 0.4) is 0 Å². The molecule has 1 unspecified atom stereocenters. The van der Waals surface area contributed by atoms with Crippen LogP contribution in [-0.2, 0) is 4.79 Å². The number of hydrogen-bond acceptors (Lipinski definition) is 3. The average Bonchev–Trinajstić information content (AvgIpc) is 2.53. The minimum Gasteiger partial charge on any atom is -0.340 e. The van der Waals surface area contributed by atoms with E-state index in [2.05, 4.69) is 47.5 Å². The number of nitrogens with zero attached hydrogens (tertiary/aromatic N) is 2. The van der Waals surface area contributed by atoms with Gasteiger partial charge in [-0.1, -0.05) is 37.3 Å². The molecule has 1 heterocycles. The van der Waals surface area contributed by atoms with Gasteiger partial charge in [-0.2, -0.15) is 0 Å². The van der Waals surface area contributed by atoms with Crippen LogP contribution in [0.15, 0.2) is 30.3 Å². The summed E-state index contributed by atoms with van der Waals surface area (Å²) in [4.78, 5) is 15.7. The topological polar surface area (TPSA) is 35.6 Å². The van der Waals surface area contributed by atoms with Crippen molar-refractivity contribution in [1.29, 1.82) is 0 Å². The van der Waals surface area contributed by atoms with Crippen LogP contribution in [0.4, 0.5) is 0 Å². The normalized spacial score (nSPS) is 17.7. The van der Waals surface area contributed by atoms with E-state index in [4.69, 9.17) is 0 Å². The minimum atomic E-state index is 0.197. The van der Waals surface area contributed by atoms with E-state index >= 15 is 0 Å². The summed E-state index contributed by atoms with van der Waals surface area (Å²) in [5.41, 5.74) is 1.36. The Bertz CT molecular complexity index is 427. The summed E-state index contributed by atoms with van der Waals surface area (Å²) < 4.78 is 0. The van der Waals surface area contributed by atoms with Crippen LogP contribution in [0.25, 0.3) is 0 Å². The zero-order valence-corrected chi connectivity index (χ0v) is 13.2. The molecule has 0 spiro atoms. The first-order chi connectivity index (χ1) is 10.2. The van der Waals surface area contributed by atoms with Gasteiger partial charge in [0.1, 0.15) is 0 Å². The molecule has 2 rings (SSSR count). The van der Waals surface area contributed by atoms with Gasteiger partial charge >= 0.3 is 0 Å². The van der Waals surface area contributed by atoms with E-state index in [1.165, 1.54) is 5.56 Å². The Labute approximate surface area is 128 Å². The van der Waals surface area contributed by atoms with E-state index in [0.29, 0.717) is 6.04 Å². The molecule has 0 radical (unpaired) electrons. The fourth-order valence-corrected chi connectivity index (χ4v) is 2.87. The quantitative estimate of drug-likeness (QED) is 0.869. The van der Waals surface area contributed by atoms with Gasteiger partial charge in [0.2, 0.25) is 5.91 Å². The highest BCUT2D eigenvalue weighted by atomic mass is 16.2. The van der Waals surface area contributed by atoms with Gasteiger partial charge in [0.25, 0.3) is 0 Å². The summed E-state index contributed by atoms with van der Waals surface area (Å²) in [6.07, 6.45) is 1.10. The van der Waals surface area contributed by atoms with Crippen molar-refractivity contribution in [2.75, 3.05) is 39.3 Å². The molecule has 1 saturated heterocycles. The first-order valence-corrected chi connectivity index (χ1v) is 7.97. The summed E-state index contributed by atoms with van der Waals surface area (Å²) in [5, 5.41) is 3.64. The maximum Gasteiger partial charge on any atom is 0.219 e. The zero-order chi connectivity index (χ0) is 15.1. The van der Waals surface area contributed by atoms with Crippen molar-refractivity contribution in [2.45, 2.75) is 26.3 Å². The van der Waals surface area contributed by atoms with Gasteiger partial charge in [0.05, 0.1) is 0 Å². The molecule has 1 aromatic carbocycles. The maximum atomic E-state index is 11.3. The third kappa shape index (κ3) is 4.83. The van der Waals surface area contributed by atoms with Gasteiger partial charge in [0, 0.05) is 52.2 Å². The molecule has 21 heavy (non-hydrogen) atoms. The summed E-state index contributed by atoms with van der Waals surface area (Å²) in [7, 11) is 0. The lowest BCUT2D eigenvalue weighted by Crippen LogP contribution is -2.49. The number of hydrogen-bond donors (Lipinski definition) is 1. The lowest BCUT2D eigenvalue weighted by molar-refractivity contribution is -0.130. The Balaban J connectivity index is 1.71. The highest BCUT2D eigenvalue weighted by Crippen LogP contribution is 2.15. The molecule has 1 aliphatic rings. The Morgan fingerprint density at radius 2 is 1.86 bits per heavy atom. The Morgan fingerprint density at radius 3 is 2.43 bits per heavy atom. The largest absolute Gasteiger partial charge is 0.340 e. The minimum absolute atomic E-state index is 0.197. The monoisotopic (exact) mass is 289 g/mol. The van der Waals surface area contributed by atoms with E-state index in [9.17, 15) is 4.79 Å². The number of benzene rings is 1. The molecule has 1 aromatic rings. The van der Waals surface area contributed by atoms with Crippen LogP contribution in [0, 0.1) is 0 Å². The number of piperazine rings is 1. The predicted molar refractivity (Wildman–Crippen MR) is 86.2 cm³/mol. The highest BCUT2D eigenvalue weighted by Gasteiger charge is 2.18. The first-order valence-electron chi connectivity index (χ1n) is 7.97. The zero-order valence-electron chi connectivity index (χ0n) is 13.2. The van der Waals surface area contributed by atoms with E-state index in [1.807, 2.05) is 4.90 Å². The predicted octanol–water partition coefficient (Wildman–Crippen LogP) is 1.89. The molecule has 1 aliphatic heterocycles. The van der Waals surface area contributed by atoms with Crippen molar-refractivity contribution < 1.29 is 4.79 Å². The highest BCUT2D eigenvalue weighted by molar-refractivity contribution is 5.73. The van der Waals surface area contributed by atoms with E-state index in [-0.39, 0.29) is 5.91 Å². The van der Waals surface area contributed by atoms with E-state index in [0.717, 1.165) is 45.7 Å². The van der Waals surface area contributed by atoms with Crippen molar-refractivity contribution >= 4 is 5.91 Å². The van der Waals surface area contributed by atoms with Crippen LogP contribution < -0.4 is 5.32 Å². The number of nitrogens with one attached hydrogen (secondary N) is 1. The molecule has 116 valence electrons. The van der Waals surface area contributed by atoms with Crippen LogP contribution in [0.5, 0.6) is 0 Å². The van der Waals surface area contributed by atoms with Crippen molar-refractivity contribution in [3.8, 4) is 0 Å². The second-order valence-electron chi connectivity index (χ2n) is 5.67. The summed E-state index contributed by atoms with van der Waals surface area (Å²) in [6, 6.07) is 11.1. The third-order valence-electron chi connectivity index (χ3n) is 4.25. The Kier molecular flexibility index (Phi) is 6.21. The summed E-state index contributed by atoms with van der Waals surface area (Å²) >= 11 is 0. The molecule has 1 fully saturated rings. The number of amides is 1. The fourth-order valence-electron chi connectivity index (χ4n) is 2.87. The molecule has 1 atom stereocenters. The second kappa shape index (κ2) is 8.15. The lowest BCUT2D eigenvalue weighted by atomic mass is 10.0. The van der Waals surface area contributed by atoms with Gasteiger partial charge in [0.15, 0.2) is 0 Å². The number of carbonyl (C=O) groups is 1. The van der Waals surface area contributed by atoms with Crippen molar-refractivity contribution in [3.05, 3.63) is 35.9 Å². The number of rotatable bonds is 6.